The SMILES string of the molecule is CCOC(=O)CN1C(=O)S/C(=C/c2cccn2-c2ccccc2C)C1=O. The molecule has 7 heteroatoms. The highest BCUT2D eigenvalue weighted by molar-refractivity contribution is 8.18. The van der Waals surface area contributed by atoms with E-state index in [0.717, 1.165) is 33.6 Å². The van der Waals surface area contributed by atoms with Crippen LogP contribution in [0.3, 0.4) is 0 Å². The Morgan fingerprint density at radius 1 is 1.19 bits per heavy atom. The summed E-state index contributed by atoms with van der Waals surface area (Å²) in [5.74, 6) is -1.08. The van der Waals surface area contributed by atoms with E-state index >= 15 is 0 Å². The highest BCUT2D eigenvalue weighted by Crippen LogP contribution is 2.32. The number of imide groups is 1. The third-order valence-corrected chi connectivity index (χ3v) is 4.81. The van der Waals surface area contributed by atoms with E-state index in [1.165, 1.54) is 0 Å². The fraction of sp³-hybridized carbons (Fsp3) is 0.211. The number of aryl methyl sites for hydroxylation is 1. The van der Waals surface area contributed by atoms with Crippen molar-refractivity contribution in [3.8, 4) is 5.69 Å². The van der Waals surface area contributed by atoms with Gasteiger partial charge in [0.05, 0.1) is 11.5 Å². The number of nitrogens with zero attached hydrogens (tertiary/aromatic N) is 2. The van der Waals surface area contributed by atoms with Crippen molar-refractivity contribution in [2.75, 3.05) is 13.2 Å². The normalized spacial score (nSPS) is 15.8. The number of esters is 1. The molecular formula is C19H18N2O4S. The second-order valence-electron chi connectivity index (χ2n) is 5.66. The summed E-state index contributed by atoms with van der Waals surface area (Å²) < 4.78 is 6.77. The van der Waals surface area contributed by atoms with E-state index in [0.29, 0.717) is 0 Å². The molecule has 1 aliphatic rings. The summed E-state index contributed by atoms with van der Waals surface area (Å²) >= 11 is 0.826. The number of hydrogen-bond acceptors (Lipinski definition) is 5. The first kappa shape index (κ1) is 18.0. The average Bonchev–Trinajstić information content (AvgIpc) is 3.16. The van der Waals surface area contributed by atoms with Crippen LogP contribution in [0.4, 0.5) is 4.79 Å². The fourth-order valence-corrected chi connectivity index (χ4v) is 3.49. The molecule has 0 unspecified atom stereocenters. The van der Waals surface area contributed by atoms with Gasteiger partial charge in [0, 0.05) is 17.6 Å². The maximum absolute atomic E-state index is 12.5. The lowest BCUT2D eigenvalue weighted by molar-refractivity contribution is -0.145. The molecule has 0 spiro atoms. The first-order valence-corrected chi connectivity index (χ1v) is 8.97. The first-order valence-electron chi connectivity index (χ1n) is 8.15. The van der Waals surface area contributed by atoms with Crippen LogP contribution < -0.4 is 0 Å². The largest absolute Gasteiger partial charge is 0.465 e. The Labute approximate surface area is 155 Å². The van der Waals surface area contributed by atoms with Crippen molar-refractivity contribution in [2.45, 2.75) is 13.8 Å². The van der Waals surface area contributed by atoms with E-state index in [9.17, 15) is 14.4 Å². The van der Waals surface area contributed by atoms with Crippen LogP contribution in [-0.4, -0.2) is 39.7 Å². The molecule has 0 aliphatic carbocycles. The lowest BCUT2D eigenvalue weighted by Crippen LogP contribution is -2.34. The minimum atomic E-state index is -0.598. The number of amides is 2. The zero-order chi connectivity index (χ0) is 18.7. The van der Waals surface area contributed by atoms with Crippen molar-refractivity contribution in [3.63, 3.8) is 0 Å². The van der Waals surface area contributed by atoms with Gasteiger partial charge in [-0.3, -0.25) is 19.3 Å². The van der Waals surface area contributed by atoms with Crippen LogP contribution in [-0.2, 0) is 14.3 Å². The topological polar surface area (TPSA) is 68.6 Å². The molecule has 134 valence electrons. The van der Waals surface area contributed by atoms with E-state index in [4.69, 9.17) is 4.74 Å². The van der Waals surface area contributed by atoms with Gasteiger partial charge >= 0.3 is 5.97 Å². The van der Waals surface area contributed by atoms with Crippen molar-refractivity contribution >= 4 is 35.0 Å². The second-order valence-corrected chi connectivity index (χ2v) is 6.66. The van der Waals surface area contributed by atoms with Gasteiger partial charge in [-0.15, -0.1) is 0 Å². The van der Waals surface area contributed by atoms with E-state index in [-0.39, 0.29) is 18.1 Å². The number of carbonyl (C=O) groups excluding carboxylic acids is 3. The Morgan fingerprint density at radius 3 is 2.69 bits per heavy atom. The molecule has 0 N–H and O–H groups in total. The number of ether oxygens (including phenoxy) is 1. The van der Waals surface area contributed by atoms with Crippen LogP contribution in [0.25, 0.3) is 11.8 Å². The molecule has 1 aromatic heterocycles. The highest BCUT2D eigenvalue weighted by Gasteiger charge is 2.36. The number of para-hydroxylation sites is 1. The summed E-state index contributed by atoms with van der Waals surface area (Å²) in [4.78, 5) is 37.4. The van der Waals surface area contributed by atoms with Crippen molar-refractivity contribution < 1.29 is 19.1 Å². The summed E-state index contributed by atoms with van der Waals surface area (Å²) in [6, 6.07) is 11.6. The lowest BCUT2D eigenvalue weighted by atomic mass is 10.2. The van der Waals surface area contributed by atoms with E-state index in [2.05, 4.69) is 0 Å². The zero-order valence-electron chi connectivity index (χ0n) is 14.5. The summed E-state index contributed by atoms with van der Waals surface area (Å²) in [6.45, 7) is 3.52. The number of rotatable bonds is 5. The van der Waals surface area contributed by atoms with Crippen LogP contribution in [0.2, 0.25) is 0 Å². The Morgan fingerprint density at radius 2 is 1.96 bits per heavy atom. The van der Waals surface area contributed by atoms with Crippen molar-refractivity contribution in [3.05, 3.63) is 58.8 Å². The maximum atomic E-state index is 12.5. The van der Waals surface area contributed by atoms with Crippen molar-refractivity contribution in [1.82, 2.24) is 9.47 Å². The third-order valence-electron chi connectivity index (χ3n) is 3.90. The lowest BCUT2D eigenvalue weighted by Gasteiger charge is -2.11. The van der Waals surface area contributed by atoms with Gasteiger partial charge in [0.2, 0.25) is 0 Å². The Kier molecular flexibility index (Phi) is 5.27. The number of thioether (sulfide) groups is 1. The molecule has 26 heavy (non-hydrogen) atoms. The van der Waals surface area contributed by atoms with Crippen LogP contribution in [0.5, 0.6) is 0 Å². The minimum absolute atomic E-state index is 0.203. The standard InChI is InChI=1S/C19H18N2O4S/c1-3-25-17(22)12-21-18(23)16(26-19(21)24)11-14-8-6-10-20(14)15-9-5-4-7-13(15)2/h4-11H,3,12H2,1-2H3/b16-11+. The average molecular weight is 370 g/mol. The van der Waals surface area contributed by atoms with Gasteiger partial charge in [-0.2, -0.15) is 0 Å². The third kappa shape index (κ3) is 3.57. The monoisotopic (exact) mass is 370 g/mol. The van der Waals surface area contributed by atoms with Crippen molar-refractivity contribution in [1.29, 1.82) is 0 Å². The van der Waals surface area contributed by atoms with Crippen LogP contribution >= 0.6 is 11.8 Å². The van der Waals surface area contributed by atoms with E-state index in [1.54, 1.807) is 13.0 Å². The zero-order valence-corrected chi connectivity index (χ0v) is 15.3. The van der Waals surface area contributed by atoms with E-state index in [1.807, 2.05) is 54.1 Å². The summed E-state index contributed by atoms with van der Waals surface area (Å²) in [5, 5.41) is -0.469. The van der Waals surface area contributed by atoms with Gasteiger partial charge in [-0.25, -0.2) is 0 Å². The fourth-order valence-electron chi connectivity index (χ4n) is 2.67. The summed E-state index contributed by atoms with van der Waals surface area (Å²) in [5.41, 5.74) is 2.87. The van der Waals surface area contributed by atoms with E-state index < -0.39 is 17.1 Å². The number of hydrogen-bond donors (Lipinski definition) is 0. The van der Waals surface area contributed by atoms with Crippen LogP contribution in [0.15, 0.2) is 47.5 Å². The molecule has 0 atom stereocenters. The molecule has 1 aliphatic heterocycles. The van der Waals surface area contributed by atoms with Gasteiger partial charge in [0.1, 0.15) is 6.54 Å². The van der Waals surface area contributed by atoms with Crippen LogP contribution in [0, 0.1) is 6.92 Å². The molecule has 3 rings (SSSR count). The summed E-state index contributed by atoms with van der Waals surface area (Å²) in [6.07, 6.45) is 3.57. The van der Waals surface area contributed by atoms with Gasteiger partial charge in [0.15, 0.2) is 0 Å². The number of carbonyl (C=O) groups is 3. The molecule has 2 heterocycles. The molecular weight excluding hydrogens is 352 g/mol. The van der Waals surface area contributed by atoms with Gasteiger partial charge in [0.25, 0.3) is 11.1 Å². The van der Waals surface area contributed by atoms with Gasteiger partial charge in [-0.05, 0) is 55.4 Å². The van der Waals surface area contributed by atoms with Gasteiger partial charge < -0.3 is 9.30 Å². The summed E-state index contributed by atoms with van der Waals surface area (Å²) in [7, 11) is 0. The molecule has 2 amide bonds. The molecule has 2 aromatic rings. The molecule has 6 nitrogen and oxygen atoms in total. The number of benzene rings is 1. The molecule has 1 aromatic carbocycles. The highest BCUT2D eigenvalue weighted by atomic mass is 32.2. The molecule has 0 saturated carbocycles. The molecule has 1 saturated heterocycles. The van der Waals surface area contributed by atoms with Crippen LogP contribution in [0.1, 0.15) is 18.2 Å². The molecule has 0 bridgehead atoms. The Balaban J connectivity index is 1.87. The second kappa shape index (κ2) is 7.61. The maximum Gasteiger partial charge on any atom is 0.326 e. The first-order chi connectivity index (χ1) is 12.5. The molecule has 1 fully saturated rings. The predicted octanol–water partition coefficient (Wildman–Crippen LogP) is 3.39. The Bertz CT molecular complexity index is 900. The predicted molar refractivity (Wildman–Crippen MR) is 99.8 cm³/mol. The minimum Gasteiger partial charge on any atom is -0.465 e. The van der Waals surface area contributed by atoms with Crippen molar-refractivity contribution in [2.24, 2.45) is 0 Å². The quantitative estimate of drug-likeness (QED) is 0.596. The number of aromatic nitrogens is 1. The van der Waals surface area contributed by atoms with Gasteiger partial charge in [-0.1, -0.05) is 18.2 Å². The molecule has 0 radical (unpaired) electrons. The Hall–Kier alpha value is -2.80. The smallest absolute Gasteiger partial charge is 0.326 e.